The third-order valence-electron chi connectivity index (χ3n) is 7.29. The van der Waals surface area contributed by atoms with Crippen molar-refractivity contribution < 1.29 is 29.3 Å². The molecule has 41 heavy (non-hydrogen) atoms. The molecule has 1 aliphatic heterocycles. The Labute approximate surface area is 248 Å². The van der Waals surface area contributed by atoms with Crippen LogP contribution in [0, 0.1) is 6.92 Å². The number of ketones is 1. The van der Waals surface area contributed by atoms with E-state index in [1.165, 1.54) is 12.0 Å². The Morgan fingerprint density at radius 3 is 2.39 bits per heavy atom. The van der Waals surface area contributed by atoms with Crippen LogP contribution in [0.15, 0.2) is 70.7 Å². The molecule has 1 aliphatic rings. The second-order valence-corrected chi connectivity index (χ2v) is 10.7. The van der Waals surface area contributed by atoms with Crippen molar-refractivity contribution in [1.29, 1.82) is 0 Å². The minimum absolute atomic E-state index is 0.0254. The Hall–Kier alpha value is -3.82. The normalized spacial score (nSPS) is 16.4. The first-order valence-electron chi connectivity index (χ1n) is 13.5. The number of ether oxygens (including phenoxy) is 2. The van der Waals surface area contributed by atoms with Crippen molar-refractivity contribution in [3.8, 4) is 17.2 Å². The number of amides is 1. The number of hydrogen-bond acceptors (Lipinski definition) is 7. The molecule has 0 spiro atoms. The van der Waals surface area contributed by atoms with E-state index in [1.807, 2.05) is 39.0 Å². The van der Waals surface area contributed by atoms with Gasteiger partial charge in [-0.25, -0.2) is 0 Å². The predicted molar refractivity (Wildman–Crippen MR) is 161 cm³/mol. The summed E-state index contributed by atoms with van der Waals surface area (Å²) < 4.78 is 11.6. The fraction of sp³-hybridized carbons (Fsp3) is 0.312. The number of likely N-dealkylation sites (N-methyl/N-ethyl adjacent to an activating group) is 1. The van der Waals surface area contributed by atoms with Crippen molar-refractivity contribution in [2.45, 2.75) is 33.4 Å². The molecule has 1 unspecified atom stereocenters. The van der Waals surface area contributed by atoms with Crippen LogP contribution in [-0.4, -0.2) is 65.0 Å². The molecule has 0 bridgehead atoms. The molecule has 0 radical (unpaired) electrons. The highest BCUT2D eigenvalue weighted by molar-refractivity contribution is 9.10. The molecule has 0 aromatic heterocycles. The van der Waals surface area contributed by atoms with Crippen molar-refractivity contribution in [2.75, 3.05) is 33.3 Å². The number of benzene rings is 3. The Morgan fingerprint density at radius 1 is 1.05 bits per heavy atom. The van der Waals surface area contributed by atoms with Gasteiger partial charge in [0.15, 0.2) is 11.5 Å². The molecule has 3 aromatic rings. The van der Waals surface area contributed by atoms with Gasteiger partial charge in [0.05, 0.1) is 23.2 Å². The van der Waals surface area contributed by atoms with E-state index in [0.717, 1.165) is 24.2 Å². The molecule has 0 saturated carbocycles. The highest BCUT2D eigenvalue weighted by Gasteiger charge is 2.46. The number of likely N-dealkylation sites (tertiary alicyclic amines) is 1. The lowest BCUT2D eigenvalue weighted by molar-refractivity contribution is -0.140. The molecule has 1 saturated heterocycles. The topological polar surface area (TPSA) is 99.5 Å². The van der Waals surface area contributed by atoms with E-state index in [0.29, 0.717) is 34.5 Å². The van der Waals surface area contributed by atoms with Gasteiger partial charge in [-0.1, -0.05) is 43.7 Å². The molecule has 1 fully saturated rings. The lowest BCUT2D eigenvalue weighted by Crippen LogP contribution is -2.38. The number of aryl methyl sites for hydroxylation is 1. The summed E-state index contributed by atoms with van der Waals surface area (Å²) in [6, 6.07) is 17.1. The summed E-state index contributed by atoms with van der Waals surface area (Å²) in [5, 5.41) is 21.8. The monoisotopic (exact) mass is 622 g/mol. The van der Waals surface area contributed by atoms with E-state index in [1.54, 1.807) is 36.4 Å². The first kappa shape index (κ1) is 30.1. The van der Waals surface area contributed by atoms with Crippen molar-refractivity contribution >= 4 is 33.4 Å². The summed E-state index contributed by atoms with van der Waals surface area (Å²) in [4.78, 5) is 30.4. The minimum atomic E-state index is -0.881. The third kappa shape index (κ3) is 6.57. The van der Waals surface area contributed by atoms with Crippen LogP contribution in [0.25, 0.3) is 5.76 Å². The summed E-state index contributed by atoms with van der Waals surface area (Å²) in [5.74, 6) is -1.06. The summed E-state index contributed by atoms with van der Waals surface area (Å²) in [6.07, 6.45) is 0. The maximum atomic E-state index is 13.4. The number of halogens is 1. The van der Waals surface area contributed by atoms with Crippen LogP contribution in [-0.2, 0) is 16.2 Å². The van der Waals surface area contributed by atoms with Gasteiger partial charge in [0.1, 0.15) is 18.1 Å². The van der Waals surface area contributed by atoms with Crippen LogP contribution in [0.5, 0.6) is 17.2 Å². The zero-order valence-corrected chi connectivity index (χ0v) is 25.3. The SMILES string of the molecule is CCN(CC)CCN1C(=O)C(=O)C(=C(O)c2ccc(OCc3cccc(C)c3)cc2)C1c1cc(Br)c(O)c(OC)c1. The van der Waals surface area contributed by atoms with Crippen LogP contribution in [0.1, 0.15) is 42.1 Å². The first-order valence-corrected chi connectivity index (χ1v) is 14.3. The molecule has 8 nitrogen and oxygen atoms in total. The summed E-state index contributed by atoms with van der Waals surface area (Å²) in [6.45, 7) is 8.90. The molecule has 216 valence electrons. The van der Waals surface area contributed by atoms with Gasteiger partial charge in [-0.05, 0) is 83.5 Å². The van der Waals surface area contributed by atoms with E-state index in [4.69, 9.17) is 9.47 Å². The molecular weight excluding hydrogens is 588 g/mol. The Bertz CT molecular complexity index is 1450. The largest absolute Gasteiger partial charge is 0.507 e. The van der Waals surface area contributed by atoms with Gasteiger partial charge < -0.3 is 29.5 Å². The number of aromatic hydroxyl groups is 1. The number of aliphatic hydroxyl groups is 1. The molecule has 9 heteroatoms. The molecule has 3 aromatic carbocycles. The van der Waals surface area contributed by atoms with Crippen LogP contribution in [0.3, 0.4) is 0 Å². The van der Waals surface area contributed by atoms with Crippen molar-refractivity contribution in [3.63, 3.8) is 0 Å². The van der Waals surface area contributed by atoms with Gasteiger partial charge in [0.25, 0.3) is 11.7 Å². The number of aliphatic hydroxyl groups excluding tert-OH is 1. The second kappa shape index (κ2) is 13.2. The fourth-order valence-corrected chi connectivity index (χ4v) is 5.45. The van der Waals surface area contributed by atoms with Crippen molar-refractivity contribution in [1.82, 2.24) is 9.80 Å². The van der Waals surface area contributed by atoms with E-state index >= 15 is 0 Å². The van der Waals surface area contributed by atoms with E-state index in [-0.39, 0.29) is 29.4 Å². The first-order chi connectivity index (χ1) is 19.7. The number of hydrogen-bond donors (Lipinski definition) is 2. The maximum absolute atomic E-state index is 13.4. The fourth-order valence-electron chi connectivity index (χ4n) is 4.99. The number of rotatable bonds is 11. The Kier molecular flexibility index (Phi) is 9.73. The average Bonchev–Trinajstić information content (AvgIpc) is 3.23. The van der Waals surface area contributed by atoms with Gasteiger partial charge in [-0.2, -0.15) is 0 Å². The standard InChI is InChI=1S/C32H35BrN2O6/c1-5-34(6-2)14-15-35-28(23-17-25(33)30(37)26(18-23)40-4)27(31(38)32(35)39)29(36)22-10-12-24(13-11-22)41-19-21-9-7-8-20(3)16-21/h7-13,16-18,28,36-37H,5-6,14-15,19H2,1-4H3. The average molecular weight is 624 g/mol. The van der Waals surface area contributed by atoms with E-state index in [2.05, 4.69) is 26.9 Å². The predicted octanol–water partition coefficient (Wildman–Crippen LogP) is 5.81. The van der Waals surface area contributed by atoms with Crippen LogP contribution < -0.4 is 9.47 Å². The van der Waals surface area contributed by atoms with Gasteiger partial charge in [0.2, 0.25) is 0 Å². The molecule has 0 aliphatic carbocycles. The minimum Gasteiger partial charge on any atom is -0.507 e. The molecule has 2 N–H and O–H groups in total. The number of phenolic OH excluding ortho intramolecular Hbond substituents is 1. The molecule has 4 rings (SSSR count). The van der Waals surface area contributed by atoms with E-state index in [9.17, 15) is 19.8 Å². The van der Waals surface area contributed by atoms with Crippen molar-refractivity contribution in [2.24, 2.45) is 0 Å². The number of phenols is 1. The smallest absolute Gasteiger partial charge is 0.295 e. The third-order valence-corrected chi connectivity index (χ3v) is 7.90. The van der Waals surface area contributed by atoms with Crippen LogP contribution in [0.2, 0.25) is 0 Å². The highest BCUT2D eigenvalue weighted by Crippen LogP contribution is 2.44. The molecule has 1 amide bonds. The number of methoxy groups -OCH3 is 1. The van der Waals surface area contributed by atoms with Crippen molar-refractivity contribution in [3.05, 3.63) is 93.0 Å². The quantitative estimate of drug-likeness (QED) is 0.158. The second-order valence-electron chi connectivity index (χ2n) is 9.88. The molecular formula is C32H35BrN2O6. The number of Topliss-reactive ketones (excluding diaryl/α,β-unsaturated/α-hetero) is 1. The van der Waals surface area contributed by atoms with Gasteiger partial charge in [-0.15, -0.1) is 0 Å². The number of nitrogens with zero attached hydrogens (tertiary/aromatic N) is 2. The summed E-state index contributed by atoms with van der Waals surface area (Å²) in [7, 11) is 1.42. The molecule has 1 atom stereocenters. The van der Waals surface area contributed by atoms with Gasteiger partial charge in [-0.3, -0.25) is 9.59 Å². The lowest BCUT2D eigenvalue weighted by atomic mass is 9.95. The zero-order valence-electron chi connectivity index (χ0n) is 23.7. The number of carbonyl (C=O) groups excluding carboxylic acids is 2. The van der Waals surface area contributed by atoms with Crippen LogP contribution in [0.4, 0.5) is 0 Å². The van der Waals surface area contributed by atoms with Crippen LogP contribution >= 0.6 is 15.9 Å². The molecule has 1 heterocycles. The maximum Gasteiger partial charge on any atom is 0.295 e. The Balaban J connectivity index is 1.70. The highest BCUT2D eigenvalue weighted by atomic mass is 79.9. The van der Waals surface area contributed by atoms with Gasteiger partial charge >= 0.3 is 0 Å². The summed E-state index contributed by atoms with van der Waals surface area (Å²) >= 11 is 3.35. The lowest BCUT2D eigenvalue weighted by Gasteiger charge is -2.28. The number of carbonyl (C=O) groups is 2. The van der Waals surface area contributed by atoms with Gasteiger partial charge in [0, 0.05) is 18.7 Å². The summed E-state index contributed by atoms with van der Waals surface area (Å²) in [5.41, 5.74) is 3.06. The zero-order chi connectivity index (χ0) is 29.7. The Morgan fingerprint density at radius 2 is 1.76 bits per heavy atom. The van der Waals surface area contributed by atoms with E-state index < -0.39 is 17.7 Å².